The molecule has 1 fully saturated rings. The minimum Gasteiger partial charge on any atom is -0.453 e. The van der Waals surface area contributed by atoms with Crippen molar-refractivity contribution in [2.75, 3.05) is 13.7 Å². The molecule has 1 aliphatic heterocycles. The number of carbonyl (C=O) groups excluding carboxylic acids is 1. The lowest BCUT2D eigenvalue weighted by molar-refractivity contribution is 0.109. The highest BCUT2D eigenvalue weighted by Gasteiger charge is 2.32. The minimum absolute atomic E-state index is 0.170. The van der Waals surface area contributed by atoms with Crippen molar-refractivity contribution in [1.82, 2.24) is 4.90 Å². The number of methoxy groups -OCH3 is 1. The van der Waals surface area contributed by atoms with Gasteiger partial charge in [-0.1, -0.05) is 20.8 Å². The van der Waals surface area contributed by atoms with Crippen LogP contribution in [-0.2, 0) is 4.74 Å². The van der Waals surface area contributed by atoms with Gasteiger partial charge in [-0.2, -0.15) is 0 Å². The van der Waals surface area contributed by atoms with Crippen molar-refractivity contribution < 1.29 is 9.53 Å². The van der Waals surface area contributed by atoms with Gasteiger partial charge in [-0.15, -0.1) is 0 Å². The minimum atomic E-state index is -0.170. The molecule has 0 aromatic carbocycles. The first-order valence-corrected chi connectivity index (χ1v) is 5.28. The second-order valence-corrected chi connectivity index (χ2v) is 5.22. The van der Waals surface area contributed by atoms with Gasteiger partial charge in [0, 0.05) is 12.6 Å². The number of nitrogens with zero attached hydrogens (tertiary/aromatic N) is 1. The summed E-state index contributed by atoms with van der Waals surface area (Å²) in [4.78, 5) is 13.3. The van der Waals surface area contributed by atoms with E-state index in [9.17, 15) is 4.79 Å². The van der Waals surface area contributed by atoms with Gasteiger partial charge in [0.15, 0.2) is 0 Å². The Morgan fingerprint density at radius 2 is 2.14 bits per heavy atom. The Morgan fingerprint density at radius 1 is 1.50 bits per heavy atom. The first-order valence-electron chi connectivity index (χ1n) is 5.28. The third-order valence-electron chi connectivity index (χ3n) is 2.63. The summed E-state index contributed by atoms with van der Waals surface area (Å²) in [5.74, 6) is 0. The molecule has 0 aromatic heterocycles. The van der Waals surface area contributed by atoms with Gasteiger partial charge < -0.3 is 9.64 Å². The maximum atomic E-state index is 11.4. The molecule has 0 aliphatic carbocycles. The van der Waals surface area contributed by atoms with Crippen molar-refractivity contribution in [2.45, 2.75) is 46.1 Å². The zero-order valence-electron chi connectivity index (χ0n) is 9.67. The average Bonchev–Trinajstić information content (AvgIpc) is 2.48. The van der Waals surface area contributed by atoms with Crippen LogP contribution >= 0.6 is 0 Å². The van der Waals surface area contributed by atoms with Crippen LogP contribution in [0.15, 0.2) is 0 Å². The monoisotopic (exact) mass is 199 g/mol. The molecule has 1 heterocycles. The predicted molar refractivity (Wildman–Crippen MR) is 56.2 cm³/mol. The fraction of sp³-hybridized carbons (Fsp3) is 0.909. The van der Waals surface area contributed by atoms with Gasteiger partial charge in [0.1, 0.15) is 0 Å². The second-order valence-electron chi connectivity index (χ2n) is 5.22. The summed E-state index contributed by atoms with van der Waals surface area (Å²) in [6, 6.07) is 0.377. The third-order valence-corrected chi connectivity index (χ3v) is 2.63. The molecule has 14 heavy (non-hydrogen) atoms. The number of amides is 1. The Kier molecular flexibility index (Phi) is 3.40. The van der Waals surface area contributed by atoms with Crippen LogP contribution in [0.2, 0.25) is 0 Å². The Morgan fingerprint density at radius 3 is 2.64 bits per heavy atom. The molecule has 82 valence electrons. The molecule has 1 aliphatic rings. The maximum absolute atomic E-state index is 11.4. The van der Waals surface area contributed by atoms with Crippen molar-refractivity contribution in [3.63, 3.8) is 0 Å². The van der Waals surface area contributed by atoms with Crippen molar-refractivity contribution in [2.24, 2.45) is 5.41 Å². The largest absolute Gasteiger partial charge is 0.453 e. The van der Waals surface area contributed by atoms with Crippen LogP contribution < -0.4 is 0 Å². The molecule has 0 aromatic rings. The fourth-order valence-electron chi connectivity index (χ4n) is 2.11. The van der Waals surface area contributed by atoms with Crippen LogP contribution in [0, 0.1) is 5.41 Å². The quantitative estimate of drug-likeness (QED) is 0.649. The summed E-state index contributed by atoms with van der Waals surface area (Å²) in [6.07, 6.45) is 3.11. The summed E-state index contributed by atoms with van der Waals surface area (Å²) in [6.45, 7) is 7.48. The van der Waals surface area contributed by atoms with E-state index in [1.165, 1.54) is 7.11 Å². The van der Waals surface area contributed by atoms with E-state index in [1.807, 2.05) is 4.90 Å². The predicted octanol–water partition coefficient (Wildman–Crippen LogP) is 2.65. The maximum Gasteiger partial charge on any atom is 0.409 e. The molecular formula is C11H21NO2. The van der Waals surface area contributed by atoms with Crippen molar-refractivity contribution in [1.29, 1.82) is 0 Å². The number of ether oxygens (including phenoxy) is 1. The molecule has 0 unspecified atom stereocenters. The fourth-order valence-corrected chi connectivity index (χ4v) is 2.11. The first kappa shape index (κ1) is 11.3. The van der Waals surface area contributed by atoms with Gasteiger partial charge in [-0.3, -0.25) is 0 Å². The van der Waals surface area contributed by atoms with E-state index in [4.69, 9.17) is 4.74 Å². The Hall–Kier alpha value is -0.730. The highest BCUT2D eigenvalue weighted by molar-refractivity contribution is 5.68. The molecule has 1 atom stereocenters. The lowest BCUT2D eigenvalue weighted by Gasteiger charge is -2.29. The van der Waals surface area contributed by atoms with Crippen LogP contribution in [0.1, 0.15) is 40.0 Å². The van der Waals surface area contributed by atoms with Gasteiger partial charge in [-0.05, 0) is 24.7 Å². The molecule has 0 spiro atoms. The zero-order chi connectivity index (χ0) is 10.8. The summed E-state index contributed by atoms with van der Waals surface area (Å²) < 4.78 is 4.77. The number of carbonyl (C=O) groups is 1. The molecule has 0 radical (unpaired) electrons. The summed E-state index contributed by atoms with van der Waals surface area (Å²) in [5.41, 5.74) is 0.279. The Balaban J connectivity index is 2.56. The Bertz CT molecular complexity index is 208. The zero-order valence-corrected chi connectivity index (χ0v) is 9.67. The second kappa shape index (κ2) is 4.20. The summed E-state index contributed by atoms with van der Waals surface area (Å²) in [7, 11) is 1.45. The van der Waals surface area contributed by atoms with Crippen LogP contribution in [0.5, 0.6) is 0 Å². The summed E-state index contributed by atoms with van der Waals surface area (Å²) >= 11 is 0. The van der Waals surface area contributed by atoms with E-state index in [1.54, 1.807) is 0 Å². The first-order chi connectivity index (χ1) is 6.44. The standard InChI is InChI=1S/C11H21NO2/c1-11(2,3)8-9-6-5-7-12(9)10(13)14-4/h9H,5-8H2,1-4H3/t9-/m1/s1. The van der Waals surface area contributed by atoms with Gasteiger partial charge >= 0.3 is 6.09 Å². The van der Waals surface area contributed by atoms with E-state index >= 15 is 0 Å². The lowest BCUT2D eigenvalue weighted by atomic mass is 9.87. The molecule has 1 rings (SSSR count). The molecule has 3 nitrogen and oxygen atoms in total. The van der Waals surface area contributed by atoms with Crippen molar-refractivity contribution in [3.8, 4) is 0 Å². The molecular weight excluding hydrogens is 178 g/mol. The van der Waals surface area contributed by atoms with Crippen LogP contribution in [0.4, 0.5) is 4.79 Å². The topological polar surface area (TPSA) is 29.5 Å². The number of likely N-dealkylation sites (tertiary alicyclic amines) is 1. The van der Waals surface area contributed by atoms with Crippen LogP contribution in [0.3, 0.4) is 0 Å². The Labute approximate surface area is 86.4 Å². The van der Waals surface area contributed by atoms with Gasteiger partial charge in [0.25, 0.3) is 0 Å². The summed E-state index contributed by atoms with van der Waals surface area (Å²) in [5, 5.41) is 0. The SMILES string of the molecule is COC(=O)N1CCC[C@@H]1CC(C)(C)C. The van der Waals surface area contributed by atoms with E-state index in [2.05, 4.69) is 20.8 Å². The van der Waals surface area contributed by atoms with Crippen LogP contribution in [0.25, 0.3) is 0 Å². The lowest BCUT2D eigenvalue weighted by Crippen LogP contribution is -2.37. The van der Waals surface area contributed by atoms with E-state index in [-0.39, 0.29) is 11.5 Å². The highest BCUT2D eigenvalue weighted by atomic mass is 16.5. The molecule has 1 saturated heterocycles. The molecule has 3 heteroatoms. The van der Waals surface area contributed by atoms with Gasteiger partial charge in [-0.25, -0.2) is 4.79 Å². The smallest absolute Gasteiger partial charge is 0.409 e. The number of hydrogen-bond acceptors (Lipinski definition) is 2. The third kappa shape index (κ3) is 2.89. The highest BCUT2D eigenvalue weighted by Crippen LogP contribution is 2.29. The average molecular weight is 199 g/mol. The van der Waals surface area contributed by atoms with Crippen LogP contribution in [-0.4, -0.2) is 30.7 Å². The van der Waals surface area contributed by atoms with E-state index in [0.717, 1.165) is 25.8 Å². The molecule has 0 saturated carbocycles. The van der Waals surface area contributed by atoms with Gasteiger partial charge in [0.05, 0.1) is 7.11 Å². The molecule has 1 amide bonds. The molecule has 0 N–H and O–H groups in total. The normalized spacial score (nSPS) is 22.6. The van der Waals surface area contributed by atoms with Gasteiger partial charge in [0.2, 0.25) is 0 Å². The number of hydrogen-bond donors (Lipinski definition) is 0. The van der Waals surface area contributed by atoms with E-state index < -0.39 is 0 Å². The van der Waals surface area contributed by atoms with Crippen molar-refractivity contribution >= 4 is 6.09 Å². The van der Waals surface area contributed by atoms with Crippen molar-refractivity contribution in [3.05, 3.63) is 0 Å². The number of rotatable bonds is 1. The van der Waals surface area contributed by atoms with E-state index in [0.29, 0.717) is 6.04 Å². The molecule has 0 bridgehead atoms.